The Kier molecular flexibility index (Phi) is 7.59. The molecule has 1 amide bonds. The van der Waals surface area contributed by atoms with Crippen LogP contribution in [0.25, 0.3) is 0 Å². The summed E-state index contributed by atoms with van der Waals surface area (Å²) in [5.74, 6) is 0.819. The number of aliphatic imine (C=N–C) groups is 1. The fourth-order valence-corrected chi connectivity index (χ4v) is 1.94. The molecular weight excluding hydrogens is 288 g/mol. The topological polar surface area (TPSA) is 65.5 Å². The van der Waals surface area contributed by atoms with Gasteiger partial charge in [0.1, 0.15) is 0 Å². The third kappa shape index (κ3) is 7.68. The normalized spacial score (nSPS) is 12.0. The molecule has 1 aromatic rings. The molecule has 0 aromatic heterocycles. The number of carbonyl (C=O) groups excluding carboxylic acids is 1. The molecule has 0 aliphatic rings. The van der Waals surface area contributed by atoms with Gasteiger partial charge in [-0.2, -0.15) is 0 Å². The Morgan fingerprint density at radius 2 is 1.83 bits per heavy atom. The summed E-state index contributed by atoms with van der Waals surface area (Å²) in [7, 11) is 0. The number of nitrogens with zero attached hydrogens (tertiary/aromatic N) is 1. The number of hydrogen-bond acceptors (Lipinski definition) is 2. The highest BCUT2D eigenvalue weighted by Gasteiger charge is 2.20. The summed E-state index contributed by atoms with van der Waals surface area (Å²) in [5, 5.41) is 9.37. The first-order chi connectivity index (χ1) is 10.8. The molecule has 0 aliphatic heterocycles. The summed E-state index contributed by atoms with van der Waals surface area (Å²) in [4.78, 5) is 16.4. The number of hydrogen-bond donors (Lipinski definition) is 3. The van der Waals surface area contributed by atoms with Crippen LogP contribution >= 0.6 is 0 Å². The monoisotopic (exact) mass is 318 g/mol. The second-order valence-corrected chi connectivity index (χ2v) is 6.62. The maximum absolute atomic E-state index is 11.8. The number of nitrogens with one attached hydrogen (secondary N) is 3. The van der Waals surface area contributed by atoms with Gasteiger partial charge in [0.05, 0.1) is 6.54 Å². The Morgan fingerprint density at radius 1 is 1.13 bits per heavy atom. The lowest BCUT2D eigenvalue weighted by atomic mass is 9.96. The summed E-state index contributed by atoms with van der Waals surface area (Å²) in [6.45, 7) is 12.5. The second kappa shape index (κ2) is 9.18. The number of rotatable bonds is 6. The highest BCUT2D eigenvalue weighted by molar-refractivity contribution is 5.81. The van der Waals surface area contributed by atoms with Gasteiger partial charge < -0.3 is 16.0 Å². The van der Waals surface area contributed by atoms with E-state index in [1.165, 1.54) is 11.1 Å². The van der Waals surface area contributed by atoms with Crippen molar-refractivity contribution in [3.63, 3.8) is 0 Å². The molecule has 0 saturated carbocycles. The minimum atomic E-state index is -0.357. The van der Waals surface area contributed by atoms with Crippen LogP contribution in [0.1, 0.15) is 38.8 Å². The zero-order chi connectivity index (χ0) is 17.3. The van der Waals surface area contributed by atoms with E-state index < -0.39 is 0 Å². The van der Waals surface area contributed by atoms with E-state index in [1.807, 2.05) is 33.8 Å². The molecule has 0 heterocycles. The summed E-state index contributed by atoms with van der Waals surface area (Å²) in [5.41, 5.74) is 2.06. The molecule has 0 aliphatic carbocycles. The minimum Gasteiger partial charge on any atom is -0.357 e. The van der Waals surface area contributed by atoms with Crippen molar-refractivity contribution in [1.29, 1.82) is 0 Å². The number of guanidine groups is 1. The fraction of sp³-hybridized carbons (Fsp3) is 0.556. The quantitative estimate of drug-likeness (QED) is 0.428. The molecule has 1 aromatic carbocycles. The number of aryl methyl sites for hydroxylation is 1. The van der Waals surface area contributed by atoms with E-state index in [4.69, 9.17) is 0 Å². The molecule has 0 atom stereocenters. The number of carbonyl (C=O) groups is 1. The van der Waals surface area contributed by atoms with Crippen LogP contribution in [0, 0.1) is 12.3 Å². The van der Waals surface area contributed by atoms with E-state index in [2.05, 4.69) is 46.1 Å². The first-order valence-corrected chi connectivity index (χ1v) is 8.19. The Morgan fingerprint density at radius 3 is 2.43 bits per heavy atom. The fourth-order valence-electron chi connectivity index (χ4n) is 1.94. The number of benzene rings is 1. The third-order valence-electron chi connectivity index (χ3n) is 3.23. The maximum Gasteiger partial charge on any atom is 0.225 e. The average molecular weight is 318 g/mol. The molecule has 23 heavy (non-hydrogen) atoms. The van der Waals surface area contributed by atoms with Crippen LogP contribution in [0.2, 0.25) is 0 Å². The van der Waals surface area contributed by atoms with Gasteiger partial charge in [-0.1, -0.05) is 50.6 Å². The van der Waals surface area contributed by atoms with E-state index >= 15 is 0 Å². The zero-order valence-corrected chi connectivity index (χ0v) is 15.0. The second-order valence-electron chi connectivity index (χ2n) is 6.62. The van der Waals surface area contributed by atoms with Gasteiger partial charge in [-0.25, -0.2) is 4.99 Å². The van der Waals surface area contributed by atoms with Gasteiger partial charge in [-0.15, -0.1) is 0 Å². The average Bonchev–Trinajstić information content (AvgIpc) is 2.47. The van der Waals surface area contributed by atoms with E-state index in [9.17, 15) is 4.79 Å². The van der Waals surface area contributed by atoms with Crippen LogP contribution in [0.5, 0.6) is 0 Å². The van der Waals surface area contributed by atoms with Gasteiger partial charge in [-0.05, 0) is 19.4 Å². The van der Waals surface area contributed by atoms with E-state index in [-0.39, 0.29) is 11.3 Å². The van der Waals surface area contributed by atoms with E-state index in [0.717, 1.165) is 12.5 Å². The van der Waals surface area contributed by atoms with Crippen LogP contribution in [0.3, 0.4) is 0 Å². The van der Waals surface area contributed by atoms with E-state index in [1.54, 1.807) is 0 Å². The summed E-state index contributed by atoms with van der Waals surface area (Å²) < 4.78 is 0. The smallest absolute Gasteiger partial charge is 0.225 e. The molecule has 0 spiro atoms. The van der Waals surface area contributed by atoms with Crippen LogP contribution in [0.4, 0.5) is 0 Å². The highest BCUT2D eigenvalue weighted by atomic mass is 16.2. The van der Waals surface area contributed by atoms with Gasteiger partial charge in [0, 0.05) is 25.0 Å². The molecule has 0 fully saturated rings. The van der Waals surface area contributed by atoms with Crippen molar-refractivity contribution in [2.24, 2.45) is 10.4 Å². The zero-order valence-electron chi connectivity index (χ0n) is 15.0. The Labute approximate surface area is 140 Å². The molecule has 3 N–H and O–H groups in total. The summed E-state index contributed by atoms with van der Waals surface area (Å²) in [6, 6.07) is 8.33. The molecule has 128 valence electrons. The van der Waals surface area contributed by atoms with Crippen molar-refractivity contribution in [3.05, 3.63) is 35.4 Å². The summed E-state index contributed by atoms with van der Waals surface area (Å²) in [6.07, 6.45) is 0. The van der Waals surface area contributed by atoms with Gasteiger partial charge in [-0.3, -0.25) is 4.79 Å². The molecule has 1 rings (SSSR count). The SMILES string of the molecule is CCNC(=NCc1cccc(C)c1)NCCNC(=O)C(C)(C)C. The highest BCUT2D eigenvalue weighted by Crippen LogP contribution is 2.11. The van der Waals surface area contributed by atoms with E-state index in [0.29, 0.717) is 19.6 Å². The molecule has 5 nitrogen and oxygen atoms in total. The first-order valence-electron chi connectivity index (χ1n) is 8.19. The first kappa shape index (κ1) is 19.0. The number of amides is 1. The van der Waals surface area contributed by atoms with Crippen LogP contribution in [-0.4, -0.2) is 31.5 Å². The maximum atomic E-state index is 11.8. The summed E-state index contributed by atoms with van der Waals surface area (Å²) >= 11 is 0. The van der Waals surface area contributed by atoms with Crippen molar-refractivity contribution in [1.82, 2.24) is 16.0 Å². The van der Waals surface area contributed by atoms with Gasteiger partial charge >= 0.3 is 0 Å². The molecular formula is C18H30N4O. The van der Waals surface area contributed by atoms with Crippen molar-refractivity contribution >= 4 is 11.9 Å². The molecule has 0 unspecified atom stereocenters. The lowest BCUT2D eigenvalue weighted by molar-refractivity contribution is -0.128. The molecule has 0 bridgehead atoms. The Hall–Kier alpha value is -2.04. The minimum absolute atomic E-state index is 0.0565. The largest absolute Gasteiger partial charge is 0.357 e. The predicted molar refractivity (Wildman–Crippen MR) is 96.5 cm³/mol. The van der Waals surface area contributed by atoms with Crippen LogP contribution in [0.15, 0.2) is 29.3 Å². The van der Waals surface area contributed by atoms with Gasteiger partial charge in [0.25, 0.3) is 0 Å². The standard InChI is InChI=1S/C18H30N4O/c1-6-19-17(21-11-10-20-16(23)18(3,4)5)22-13-15-9-7-8-14(2)12-15/h7-9,12H,6,10-11,13H2,1-5H3,(H,20,23)(H2,19,21,22). The molecule has 0 radical (unpaired) electrons. The Balaban J connectivity index is 2.45. The third-order valence-corrected chi connectivity index (χ3v) is 3.23. The van der Waals surface area contributed by atoms with Crippen LogP contribution < -0.4 is 16.0 Å². The van der Waals surface area contributed by atoms with Gasteiger partial charge in [0.2, 0.25) is 5.91 Å². The van der Waals surface area contributed by atoms with Crippen molar-refractivity contribution in [3.8, 4) is 0 Å². The lowest BCUT2D eigenvalue weighted by Crippen LogP contribution is -2.43. The van der Waals surface area contributed by atoms with Gasteiger partial charge in [0.15, 0.2) is 5.96 Å². The Bertz CT molecular complexity index is 532. The molecule has 0 saturated heterocycles. The lowest BCUT2D eigenvalue weighted by Gasteiger charge is -2.18. The predicted octanol–water partition coefficient (Wildman–Crippen LogP) is 2.21. The van der Waals surface area contributed by atoms with Crippen molar-refractivity contribution in [2.75, 3.05) is 19.6 Å². The van der Waals surface area contributed by atoms with Crippen molar-refractivity contribution in [2.45, 2.75) is 41.2 Å². The van der Waals surface area contributed by atoms with Crippen molar-refractivity contribution < 1.29 is 4.79 Å². The molecule has 5 heteroatoms. The van der Waals surface area contributed by atoms with Crippen LogP contribution in [-0.2, 0) is 11.3 Å².